The van der Waals surface area contributed by atoms with Crippen LogP contribution in [0.1, 0.15) is 0 Å². The molecule has 2 aromatic heterocycles. The van der Waals surface area contributed by atoms with Crippen molar-refractivity contribution in [3.05, 3.63) is 36.8 Å². The zero-order chi connectivity index (χ0) is 13.5. The van der Waals surface area contributed by atoms with Crippen LogP contribution in [0.2, 0.25) is 0 Å². The summed E-state index contributed by atoms with van der Waals surface area (Å²) in [4.78, 5) is 8.46. The molecule has 0 aliphatic rings. The first-order valence-electron chi connectivity index (χ1n) is 5.24. The molecule has 0 spiro atoms. The van der Waals surface area contributed by atoms with E-state index in [1.165, 1.54) is 30.0 Å². The van der Waals surface area contributed by atoms with Gasteiger partial charge in [-0.2, -0.15) is 4.37 Å². The number of fused-ring (bicyclic) bond motifs is 1. The van der Waals surface area contributed by atoms with Crippen LogP contribution in [0.5, 0.6) is 0 Å². The van der Waals surface area contributed by atoms with Crippen LogP contribution in [0.25, 0.3) is 21.5 Å². The lowest BCUT2D eigenvalue weighted by molar-refractivity contribution is 0.598. The van der Waals surface area contributed by atoms with Crippen LogP contribution in [-0.2, 0) is 10.0 Å². The first-order valence-corrected chi connectivity index (χ1v) is 7.56. The van der Waals surface area contributed by atoms with Crippen LogP contribution >= 0.6 is 11.5 Å². The molecular weight excluding hydrogens is 284 g/mol. The Hall–Kier alpha value is -1.90. The molecule has 0 saturated heterocycles. The summed E-state index contributed by atoms with van der Waals surface area (Å²) in [6.45, 7) is 0. The summed E-state index contributed by atoms with van der Waals surface area (Å²) in [5, 5.41) is 7.36. The van der Waals surface area contributed by atoms with E-state index in [1.54, 1.807) is 18.3 Å². The molecule has 2 heterocycles. The number of sulfonamides is 1. The van der Waals surface area contributed by atoms with Gasteiger partial charge in [0.1, 0.15) is 12.0 Å². The van der Waals surface area contributed by atoms with E-state index in [2.05, 4.69) is 14.3 Å². The normalized spacial score (nSPS) is 11.8. The third-order valence-electron chi connectivity index (χ3n) is 2.63. The molecule has 1 aromatic carbocycles. The molecule has 96 valence electrons. The van der Waals surface area contributed by atoms with Gasteiger partial charge in [-0.3, -0.25) is 4.98 Å². The Bertz CT molecular complexity index is 844. The summed E-state index contributed by atoms with van der Waals surface area (Å²) in [7, 11) is -3.71. The molecule has 0 unspecified atom stereocenters. The lowest BCUT2D eigenvalue weighted by Gasteiger charge is -2.04. The Balaban J connectivity index is 2.29. The van der Waals surface area contributed by atoms with Crippen LogP contribution in [0.4, 0.5) is 0 Å². The van der Waals surface area contributed by atoms with Crippen molar-refractivity contribution in [1.29, 1.82) is 0 Å². The average Bonchev–Trinajstić information content (AvgIpc) is 2.90. The van der Waals surface area contributed by atoms with Gasteiger partial charge in [0, 0.05) is 11.6 Å². The monoisotopic (exact) mass is 292 g/mol. The molecule has 8 heteroatoms. The molecule has 19 heavy (non-hydrogen) atoms. The van der Waals surface area contributed by atoms with Gasteiger partial charge in [-0.05, 0) is 35.1 Å². The van der Waals surface area contributed by atoms with Crippen molar-refractivity contribution in [1.82, 2.24) is 14.3 Å². The molecule has 0 aliphatic heterocycles. The molecular formula is C11H8N4O2S2. The van der Waals surface area contributed by atoms with Crippen molar-refractivity contribution >= 4 is 32.3 Å². The van der Waals surface area contributed by atoms with Crippen molar-refractivity contribution in [3.63, 3.8) is 0 Å². The summed E-state index contributed by atoms with van der Waals surface area (Å²) in [5.74, 6) is 0. The number of nitrogens with zero attached hydrogens (tertiary/aromatic N) is 3. The number of hydrogen-bond acceptors (Lipinski definition) is 6. The highest BCUT2D eigenvalue weighted by molar-refractivity contribution is 7.89. The fourth-order valence-electron chi connectivity index (χ4n) is 1.78. The number of primary sulfonamides is 1. The fraction of sp³-hybridized carbons (Fsp3) is 0. The molecule has 0 bridgehead atoms. The van der Waals surface area contributed by atoms with E-state index in [0.717, 1.165) is 10.8 Å². The fourth-order valence-corrected chi connectivity index (χ4v) is 2.87. The maximum atomic E-state index is 11.3. The number of rotatable bonds is 2. The molecule has 0 amide bonds. The van der Waals surface area contributed by atoms with E-state index < -0.39 is 10.0 Å². The highest BCUT2D eigenvalue weighted by atomic mass is 32.2. The summed E-state index contributed by atoms with van der Waals surface area (Å²) < 4.78 is 26.6. The second-order valence-electron chi connectivity index (χ2n) is 3.83. The minimum absolute atomic E-state index is 0.0782. The van der Waals surface area contributed by atoms with Crippen LogP contribution in [0.3, 0.4) is 0 Å². The number of aromatic nitrogens is 3. The Kier molecular flexibility index (Phi) is 2.77. The van der Waals surface area contributed by atoms with Crippen molar-refractivity contribution in [2.24, 2.45) is 5.14 Å². The van der Waals surface area contributed by atoms with E-state index in [0.29, 0.717) is 10.7 Å². The maximum Gasteiger partial charge on any atom is 0.238 e. The van der Waals surface area contributed by atoms with E-state index in [9.17, 15) is 8.42 Å². The largest absolute Gasteiger partial charge is 0.253 e. The first-order chi connectivity index (χ1) is 9.05. The Morgan fingerprint density at radius 2 is 2.00 bits per heavy atom. The first kappa shape index (κ1) is 12.2. The van der Waals surface area contributed by atoms with Gasteiger partial charge in [0.25, 0.3) is 0 Å². The van der Waals surface area contributed by atoms with E-state index in [-0.39, 0.29) is 4.90 Å². The SMILES string of the molecule is NS(=O)(=O)c1ccc2c(-c3ncns3)nccc2c1. The highest BCUT2D eigenvalue weighted by Crippen LogP contribution is 2.28. The summed E-state index contributed by atoms with van der Waals surface area (Å²) in [6.07, 6.45) is 3.06. The van der Waals surface area contributed by atoms with Crippen LogP contribution in [0.15, 0.2) is 41.7 Å². The highest BCUT2D eigenvalue weighted by Gasteiger charge is 2.12. The summed E-state index contributed by atoms with van der Waals surface area (Å²) >= 11 is 1.23. The van der Waals surface area contributed by atoms with Gasteiger partial charge in [0.2, 0.25) is 10.0 Å². The number of pyridine rings is 1. The summed E-state index contributed by atoms with van der Waals surface area (Å²) in [5.41, 5.74) is 0.681. The molecule has 0 saturated carbocycles. The average molecular weight is 292 g/mol. The van der Waals surface area contributed by atoms with Gasteiger partial charge >= 0.3 is 0 Å². The Labute approximate surface area is 113 Å². The van der Waals surface area contributed by atoms with Gasteiger partial charge in [-0.1, -0.05) is 6.07 Å². The van der Waals surface area contributed by atoms with Gasteiger partial charge in [0.15, 0.2) is 5.01 Å². The maximum absolute atomic E-state index is 11.3. The van der Waals surface area contributed by atoms with Crippen LogP contribution < -0.4 is 5.14 Å². The molecule has 3 aromatic rings. The third kappa shape index (κ3) is 2.21. The molecule has 0 radical (unpaired) electrons. The standard InChI is InChI=1S/C11H8N4O2S2/c12-19(16,17)8-1-2-9-7(5-8)3-4-13-10(9)11-14-6-15-18-11/h1-6H,(H2,12,16,17). The van der Waals surface area contributed by atoms with Gasteiger partial charge < -0.3 is 0 Å². The number of benzene rings is 1. The molecule has 0 aliphatic carbocycles. The zero-order valence-electron chi connectivity index (χ0n) is 9.52. The predicted molar refractivity (Wildman–Crippen MR) is 72.0 cm³/mol. The van der Waals surface area contributed by atoms with E-state index >= 15 is 0 Å². The van der Waals surface area contributed by atoms with E-state index in [4.69, 9.17) is 5.14 Å². The quantitative estimate of drug-likeness (QED) is 0.769. The van der Waals surface area contributed by atoms with E-state index in [1.807, 2.05) is 0 Å². The second kappa shape index (κ2) is 4.34. The van der Waals surface area contributed by atoms with Crippen LogP contribution in [0, 0.1) is 0 Å². The number of hydrogen-bond donors (Lipinski definition) is 1. The predicted octanol–water partition coefficient (Wildman–Crippen LogP) is 1.40. The molecule has 0 fully saturated rings. The smallest absolute Gasteiger partial charge is 0.238 e. The van der Waals surface area contributed by atoms with Crippen LogP contribution in [-0.4, -0.2) is 22.8 Å². The molecule has 3 rings (SSSR count). The topological polar surface area (TPSA) is 98.8 Å². The van der Waals surface area contributed by atoms with Gasteiger partial charge in [0.05, 0.1) is 4.90 Å². The number of nitrogens with two attached hydrogens (primary N) is 1. The minimum Gasteiger partial charge on any atom is -0.253 e. The Morgan fingerprint density at radius 1 is 1.16 bits per heavy atom. The van der Waals surface area contributed by atoms with Gasteiger partial charge in [-0.25, -0.2) is 18.5 Å². The lowest BCUT2D eigenvalue weighted by atomic mass is 10.1. The van der Waals surface area contributed by atoms with Crippen molar-refractivity contribution in [2.45, 2.75) is 4.90 Å². The zero-order valence-corrected chi connectivity index (χ0v) is 11.1. The van der Waals surface area contributed by atoms with Crippen molar-refractivity contribution < 1.29 is 8.42 Å². The molecule has 6 nitrogen and oxygen atoms in total. The van der Waals surface area contributed by atoms with Gasteiger partial charge in [-0.15, -0.1) is 0 Å². The lowest BCUT2D eigenvalue weighted by Crippen LogP contribution is -2.11. The third-order valence-corrected chi connectivity index (χ3v) is 4.21. The molecule has 0 atom stereocenters. The Morgan fingerprint density at radius 3 is 2.68 bits per heavy atom. The summed E-state index contributed by atoms with van der Waals surface area (Å²) in [6, 6.07) is 6.40. The minimum atomic E-state index is -3.71. The van der Waals surface area contributed by atoms with Crippen molar-refractivity contribution in [2.75, 3.05) is 0 Å². The second-order valence-corrected chi connectivity index (χ2v) is 6.18. The van der Waals surface area contributed by atoms with Crippen molar-refractivity contribution in [3.8, 4) is 10.7 Å². The molecule has 2 N–H and O–H groups in total.